The predicted molar refractivity (Wildman–Crippen MR) is 242 cm³/mol. The highest BCUT2D eigenvalue weighted by molar-refractivity contribution is 6.05. The van der Waals surface area contributed by atoms with E-state index in [1.807, 2.05) is 12.1 Å². The molecule has 7 aliphatic rings. The van der Waals surface area contributed by atoms with Crippen molar-refractivity contribution in [1.29, 1.82) is 0 Å². The van der Waals surface area contributed by atoms with E-state index in [4.69, 9.17) is 24.4 Å². The molecule has 11 rings (SSSR count). The first kappa shape index (κ1) is 50.1. The number of nitrogens with zero attached hydrogens (tertiary/aromatic N) is 8. The second-order valence-corrected chi connectivity index (χ2v) is 19.6. The summed E-state index contributed by atoms with van der Waals surface area (Å²) in [5.74, 6) is -8.56. The molecule has 0 unspecified atom stereocenters. The molecule has 18 nitrogen and oxygen atoms in total. The number of aromatic nitrogens is 4. The minimum Gasteiger partial charge on any atom is -0.503 e. The summed E-state index contributed by atoms with van der Waals surface area (Å²) < 4.78 is 79.6. The van der Waals surface area contributed by atoms with Gasteiger partial charge in [0, 0.05) is 81.6 Å². The largest absolute Gasteiger partial charge is 0.503 e. The van der Waals surface area contributed by atoms with Crippen LogP contribution in [0.5, 0.6) is 5.75 Å². The molecule has 3 aliphatic carbocycles. The van der Waals surface area contributed by atoms with Crippen molar-refractivity contribution in [3.05, 3.63) is 76.5 Å². The molecule has 2 bridgehead atoms. The van der Waals surface area contributed by atoms with Crippen LogP contribution in [0.15, 0.2) is 41.1 Å². The van der Waals surface area contributed by atoms with Crippen LogP contribution in [0.4, 0.5) is 38.0 Å². The number of anilines is 2. The van der Waals surface area contributed by atoms with E-state index in [0.29, 0.717) is 53.9 Å². The van der Waals surface area contributed by atoms with Gasteiger partial charge in [-0.05, 0) is 118 Å². The first-order valence-corrected chi connectivity index (χ1v) is 23.9. The van der Waals surface area contributed by atoms with Gasteiger partial charge in [-0.15, -0.1) is 0 Å². The van der Waals surface area contributed by atoms with Gasteiger partial charge in [0.05, 0.1) is 5.56 Å². The van der Waals surface area contributed by atoms with Crippen molar-refractivity contribution in [2.45, 2.75) is 94.8 Å². The highest BCUT2D eigenvalue weighted by atomic mass is 19.4. The van der Waals surface area contributed by atoms with Gasteiger partial charge in [-0.25, -0.2) is 23.5 Å². The Balaban J connectivity index is 0.000000853. The highest BCUT2D eigenvalue weighted by Gasteiger charge is 2.52. The number of aliphatic carboxylic acids is 1. The Kier molecular flexibility index (Phi) is 13.9. The number of carbonyl (C=O) groups is 5. The molecule has 3 saturated carbocycles. The summed E-state index contributed by atoms with van der Waals surface area (Å²) in [6.07, 6.45) is 5.06. The quantitative estimate of drug-likeness (QED) is 0.0827. The zero-order chi connectivity index (χ0) is 51.1. The zero-order valence-electron chi connectivity index (χ0n) is 39.0. The van der Waals surface area contributed by atoms with Crippen LogP contribution in [0.1, 0.15) is 103 Å². The van der Waals surface area contributed by atoms with E-state index in [1.54, 1.807) is 17.2 Å². The first-order chi connectivity index (χ1) is 34.3. The molecule has 1 atom stereocenters. The number of nitrogens with one attached hydrogen (secondary N) is 2. The van der Waals surface area contributed by atoms with Crippen LogP contribution in [0.25, 0.3) is 11.6 Å². The van der Waals surface area contributed by atoms with Crippen molar-refractivity contribution in [2.75, 3.05) is 62.2 Å². The number of carboxylic acid groups (broad SMARTS) is 1. The fourth-order valence-corrected chi connectivity index (χ4v) is 10.9. The van der Waals surface area contributed by atoms with E-state index in [-0.39, 0.29) is 35.6 Å². The average molecular weight is 1010 g/mol. The number of amides is 4. The molecule has 2 aromatic carbocycles. The fraction of sp³-hybridized carbons (Fsp3) is 0.521. The lowest BCUT2D eigenvalue weighted by Gasteiger charge is -2.52. The van der Waals surface area contributed by atoms with Crippen molar-refractivity contribution >= 4 is 41.2 Å². The first-order valence-electron chi connectivity index (χ1n) is 23.9. The molecule has 72 heavy (non-hydrogen) atoms. The molecule has 6 heterocycles. The highest BCUT2D eigenvalue weighted by Crippen LogP contribution is 2.57. The smallest absolute Gasteiger partial charge is 0.490 e. The second-order valence-electron chi connectivity index (χ2n) is 19.6. The number of fused-ring (bicyclic) bond motifs is 4. The van der Waals surface area contributed by atoms with E-state index >= 15 is 0 Å². The maximum Gasteiger partial charge on any atom is 0.490 e. The van der Waals surface area contributed by atoms with Crippen molar-refractivity contribution in [1.82, 2.24) is 40.5 Å². The van der Waals surface area contributed by atoms with E-state index in [9.17, 15) is 50.6 Å². The van der Waals surface area contributed by atoms with Crippen LogP contribution in [0.3, 0.4) is 0 Å². The number of benzene rings is 2. The fourth-order valence-electron chi connectivity index (χ4n) is 10.9. The SMILES string of the molecule is O=C(O)C(F)(F)F.O=C1CC[C@@H](N2Cc3cc(N4CCC(CCN5CCN(c6nccc(-c7nc(C89CCC(CNC(=O)c%10cc(F)c(O)c(F)c%10F)(CC8)CC9)no7)n6)CC5)CC4)ccc3C2=O)C(=O)N1. The summed E-state index contributed by atoms with van der Waals surface area (Å²) in [5, 5.41) is 25.9. The Morgan fingerprint density at radius 1 is 0.875 bits per heavy atom. The third kappa shape index (κ3) is 10.3. The summed E-state index contributed by atoms with van der Waals surface area (Å²) >= 11 is 0. The van der Waals surface area contributed by atoms with Gasteiger partial charge in [0.2, 0.25) is 23.6 Å². The monoisotopic (exact) mass is 1010 g/mol. The Labute approximate surface area is 408 Å². The topological polar surface area (TPSA) is 228 Å². The van der Waals surface area contributed by atoms with Gasteiger partial charge in [0.25, 0.3) is 17.7 Å². The number of carbonyl (C=O) groups excluding carboxylic acids is 4. The van der Waals surface area contributed by atoms with E-state index in [0.717, 1.165) is 115 Å². The Bertz CT molecular complexity index is 2740. The van der Waals surface area contributed by atoms with E-state index < -0.39 is 58.8 Å². The van der Waals surface area contributed by atoms with E-state index in [2.05, 4.69) is 41.5 Å². The lowest BCUT2D eigenvalue weighted by atomic mass is 9.53. The minimum atomic E-state index is -5.08. The van der Waals surface area contributed by atoms with Gasteiger partial charge < -0.3 is 34.8 Å². The zero-order valence-corrected chi connectivity index (χ0v) is 39.0. The normalized spacial score (nSPS) is 23.7. The third-order valence-corrected chi connectivity index (χ3v) is 15.4. The Morgan fingerprint density at radius 3 is 2.24 bits per heavy atom. The van der Waals surface area contributed by atoms with Crippen LogP contribution < -0.4 is 20.4 Å². The molecule has 3 saturated heterocycles. The molecule has 0 radical (unpaired) electrons. The predicted octanol–water partition coefficient (Wildman–Crippen LogP) is 5.49. The van der Waals surface area contributed by atoms with Crippen LogP contribution >= 0.6 is 0 Å². The van der Waals surface area contributed by atoms with Crippen molar-refractivity contribution in [3.63, 3.8) is 0 Å². The standard InChI is InChI=1S/C46H51F3N10O6.C2HF3O2/c47-32-24-31(36(48)37(49)38(32)61)39(62)51-26-45-9-12-46(13-10-45,14-11-45)43-54-41(65-55-43)33-5-15-50-44(52-33)58-21-19-56(20-22-58)16-6-27-7-17-57(18-8-27)29-1-2-30-28(23-29)25-59(42(30)64)34-3-4-35(60)53-40(34)63;3-2(4,5)1(6)7/h1-2,5,15,23-24,27,34,61H,3-4,6-14,16-22,25-26H2,(H,51,62)(H,53,60,63);(H,6,7)/t34-,45?,46?;/m1./s1. The van der Waals surface area contributed by atoms with Crippen molar-refractivity contribution in [3.8, 4) is 17.3 Å². The van der Waals surface area contributed by atoms with Gasteiger partial charge in [-0.1, -0.05) is 5.16 Å². The Morgan fingerprint density at radius 2 is 1.57 bits per heavy atom. The number of piperazine rings is 1. The molecule has 6 fully saturated rings. The summed E-state index contributed by atoms with van der Waals surface area (Å²) in [7, 11) is 0. The number of hydrogen-bond acceptors (Lipinski definition) is 14. The van der Waals surface area contributed by atoms with Crippen molar-refractivity contribution in [2.24, 2.45) is 11.3 Å². The molecular formula is C48H52F6N10O8. The number of alkyl halides is 3. The van der Waals surface area contributed by atoms with E-state index in [1.165, 1.54) is 0 Å². The molecule has 384 valence electrons. The van der Waals surface area contributed by atoms with Gasteiger partial charge >= 0.3 is 12.1 Å². The second kappa shape index (κ2) is 20.0. The van der Waals surface area contributed by atoms with Gasteiger partial charge in [0.15, 0.2) is 23.2 Å². The number of rotatable bonds is 11. The number of hydrogen-bond donors (Lipinski definition) is 4. The number of aromatic hydroxyl groups is 1. The summed E-state index contributed by atoms with van der Waals surface area (Å²) in [5.41, 5.74) is 1.89. The van der Waals surface area contributed by atoms with Gasteiger partial charge in [-0.2, -0.15) is 22.5 Å². The number of carboxylic acids is 1. The molecule has 2 aromatic heterocycles. The van der Waals surface area contributed by atoms with Crippen LogP contribution in [-0.4, -0.2) is 134 Å². The lowest BCUT2D eigenvalue weighted by Crippen LogP contribution is -2.52. The molecule has 4 aliphatic heterocycles. The minimum absolute atomic E-state index is 0.151. The summed E-state index contributed by atoms with van der Waals surface area (Å²) in [4.78, 5) is 81.8. The molecule has 4 aromatic rings. The molecule has 24 heteroatoms. The maximum atomic E-state index is 14.3. The molecular weight excluding hydrogens is 959 g/mol. The number of phenols is 1. The summed E-state index contributed by atoms with van der Waals surface area (Å²) in [6, 6.07) is 7.65. The molecule has 0 spiro atoms. The van der Waals surface area contributed by atoms with Gasteiger partial charge in [0.1, 0.15) is 11.7 Å². The average Bonchev–Trinajstić information content (AvgIpc) is 4.02. The number of piperidine rings is 2. The Hall–Kier alpha value is -6.85. The summed E-state index contributed by atoms with van der Waals surface area (Å²) in [6.45, 7) is 6.92. The number of imide groups is 1. The van der Waals surface area contributed by atoms with Crippen molar-refractivity contribution < 1.29 is 65.1 Å². The molecule has 4 amide bonds. The van der Waals surface area contributed by atoms with Crippen LogP contribution in [-0.2, 0) is 26.3 Å². The molecule has 4 N–H and O–H groups in total. The number of phenolic OH excluding ortho intramolecular Hbond substituents is 1. The van der Waals surface area contributed by atoms with Gasteiger partial charge in [-0.3, -0.25) is 29.4 Å². The lowest BCUT2D eigenvalue weighted by molar-refractivity contribution is -0.192. The number of halogens is 6. The third-order valence-electron chi connectivity index (χ3n) is 15.4. The van der Waals surface area contributed by atoms with Crippen LogP contribution in [0.2, 0.25) is 0 Å². The maximum absolute atomic E-state index is 14.3. The van der Waals surface area contributed by atoms with Crippen LogP contribution in [0, 0.1) is 28.8 Å².